The summed E-state index contributed by atoms with van der Waals surface area (Å²) in [6, 6.07) is 0.669. The number of pyridine rings is 1. The fourth-order valence-corrected chi connectivity index (χ4v) is 1.39. The van der Waals surface area contributed by atoms with E-state index in [1.807, 2.05) is 13.8 Å². The molecule has 0 amide bonds. The Morgan fingerprint density at radius 3 is 2.72 bits per heavy atom. The lowest BCUT2D eigenvalue weighted by Gasteiger charge is -2.06. The Balaban J connectivity index is 2.37. The Morgan fingerprint density at radius 2 is 2.06 bits per heavy atom. The van der Waals surface area contributed by atoms with Gasteiger partial charge in [0, 0.05) is 6.07 Å². The average Bonchev–Trinajstić information content (AvgIpc) is 2.70. The van der Waals surface area contributed by atoms with Crippen LogP contribution in [0.1, 0.15) is 13.8 Å². The summed E-state index contributed by atoms with van der Waals surface area (Å²) in [6.07, 6.45) is 2.84. The minimum absolute atomic E-state index is 0.0289. The largest absolute Gasteiger partial charge is 0.488 e. The van der Waals surface area contributed by atoms with E-state index in [9.17, 15) is 8.78 Å². The molecule has 0 spiro atoms. The predicted octanol–water partition coefficient (Wildman–Crippen LogP) is 1.91. The van der Waals surface area contributed by atoms with Crippen LogP contribution in [0.2, 0.25) is 0 Å². The monoisotopic (exact) mass is 254 g/mol. The Kier molecular flexibility index (Phi) is 3.14. The molecule has 0 bridgehead atoms. The van der Waals surface area contributed by atoms with Crippen LogP contribution in [0, 0.1) is 11.6 Å². The zero-order valence-electron chi connectivity index (χ0n) is 9.89. The average molecular weight is 254 g/mol. The summed E-state index contributed by atoms with van der Waals surface area (Å²) in [5, 5.41) is 3.88. The van der Waals surface area contributed by atoms with E-state index in [4.69, 9.17) is 10.5 Å². The maximum Gasteiger partial charge on any atom is 0.191 e. The molecule has 0 aliphatic heterocycles. The van der Waals surface area contributed by atoms with Crippen molar-refractivity contribution in [1.82, 2.24) is 14.8 Å². The van der Waals surface area contributed by atoms with Crippen molar-refractivity contribution in [2.45, 2.75) is 20.0 Å². The molecular formula is C11H12F2N4O. The first-order valence-electron chi connectivity index (χ1n) is 5.30. The van der Waals surface area contributed by atoms with Crippen LogP contribution in [0.15, 0.2) is 18.5 Å². The van der Waals surface area contributed by atoms with Crippen molar-refractivity contribution in [1.29, 1.82) is 0 Å². The van der Waals surface area contributed by atoms with Crippen molar-refractivity contribution >= 4 is 5.82 Å². The summed E-state index contributed by atoms with van der Waals surface area (Å²) in [7, 11) is 0. The van der Waals surface area contributed by atoms with Crippen molar-refractivity contribution in [3.8, 4) is 11.6 Å². The van der Waals surface area contributed by atoms with Gasteiger partial charge in [-0.2, -0.15) is 5.10 Å². The molecule has 7 heteroatoms. The van der Waals surface area contributed by atoms with Gasteiger partial charge in [0.25, 0.3) is 0 Å². The van der Waals surface area contributed by atoms with E-state index < -0.39 is 11.6 Å². The quantitative estimate of drug-likeness (QED) is 0.908. The van der Waals surface area contributed by atoms with E-state index in [0.717, 1.165) is 4.68 Å². The number of rotatable bonds is 3. The number of anilines is 1. The van der Waals surface area contributed by atoms with E-state index in [-0.39, 0.29) is 17.7 Å². The normalized spacial score (nSPS) is 10.9. The third-order valence-corrected chi connectivity index (χ3v) is 2.09. The molecular weight excluding hydrogens is 242 g/mol. The lowest BCUT2D eigenvalue weighted by Crippen LogP contribution is -2.07. The molecule has 96 valence electrons. The SMILES string of the molecule is CC(C)Oc1cnn(-c2nc(N)c(F)cc2F)c1. The second-order valence-electron chi connectivity index (χ2n) is 3.95. The van der Waals surface area contributed by atoms with Crippen molar-refractivity contribution in [3.05, 3.63) is 30.1 Å². The molecule has 0 saturated heterocycles. The number of nitrogens with zero attached hydrogens (tertiary/aromatic N) is 3. The zero-order valence-corrected chi connectivity index (χ0v) is 9.89. The van der Waals surface area contributed by atoms with Crippen LogP contribution in [0.5, 0.6) is 5.75 Å². The van der Waals surface area contributed by atoms with Gasteiger partial charge < -0.3 is 10.5 Å². The third-order valence-electron chi connectivity index (χ3n) is 2.09. The fraction of sp³-hybridized carbons (Fsp3) is 0.273. The molecule has 18 heavy (non-hydrogen) atoms. The van der Waals surface area contributed by atoms with E-state index in [1.165, 1.54) is 12.4 Å². The predicted molar refractivity (Wildman–Crippen MR) is 61.5 cm³/mol. The van der Waals surface area contributed by atoms with Gasteiger partial charge in [-0.25, -0.2) is 18.4 Å². The highest BCUT2D eigenvalue weighted by Crippen LogP contribution is 2.18. The number of ether oxygens (including phenoxy) is 1. The molecule has 0 saturated carbocycles. The zero-order chi connectivity index (χ0) is 13.3. The molecule has 0 fully saturated rings. The van der Waals surface area contributed by atoms with E-state index in [0.29, 0.717) is 11.8 Å². The number of hydrogen-bond donors (Lipinski definition) is 1. The highest BCUT2D eigenvalue weighted by Gasteiger charge is 2.13. The maximum absolute atomic E-state index is 13.5. The fourth-order valence-electron chi connectivity index (χ4n) is 1.39. The summed E-state index contributed by atoms with van der Waals surface area (Å²) in [6.45, 7) is 3.71. The van der Waals surface area contributed by atoms with Gasteiger partial charge in [0.1, 0.15) is 0 Å². The molecule has 5 nitrogen and oxygen atoms in total. The van der Waals surface area contributed by atoms with Crippen LogP contribution in [0.4, 0.5) is 14.6 Å². The molecule has 2 rings (SSSR count). The smallest absolute Gasteiger partial charge is 0.191 e. The first kappa shape index (κ1) is 12.3. The Labute approximate surface area is 102 Å². The van der Waals surface area contributed by atoms with Crippen LogP contribution >= 0.6 is 0 Å². The lowest BCUT2D eigenvalue weighted by molar-refractivity contribution is 0.242. The van der Waals surface area contributed by atoms with Gasteiger partial charge in [0.15, 0.2) is 29.0 Å². The van der Waals surface area contributed by atoms with Crippen molar-refractivity contribution in [2.75, 3.05) is 5.73 Å². The molecule has 0 unspecified atom stereocenters. The standard InChI is InChI=1S/C11H12F2N4O/c1-6(2)18-7-4-15-17(5-7)11-9(13)3-8(12)10(14)16-11/h3-6H,1-2H3,(H2,14,16). The summed E-state index contributed by atoms with van der Waals surface area (Å²) >= 11 is 0. The minimum atomic E-state index is -0.901. The number of nitrogen functional groups attached to an aromatic ring is 1. The highest BCUT2D eigenvalue weighted by molar-refractivity contribution is 5.38. The second-order valence-corrected chi connectivity index (χ2v) is 3.95. The van der Waals surface area contributed by atoms with Crippen LogP contribution < -0.4 is 10.5 Å². The first-order chi connectivity index (χ1) is 8.47. The van der Waals surface area contributed by atoms with E-state index in [2.05, 4.69) is 10.1 Å². The van der Waals surface area contributed by atoms with Crippen molar-refractivity contribution in [3.63, 3.8) is 0 Å². The van der Waals surface area contributed by atoms with Crippen LogP contribution in [-0.4, -0.2) is 20.9 Å². The van der Waals surface area contributed by atoms with Crippen LogP contribution in [0.25, 0.3) is 5.82 Å². The van der Waals surface area contributed by atoms with E-state index in [1.54, 1.807) is 0 Å². The second kappa shape index (κ2) is 4.59. The molecule has 0 atom stereocenters. The number of hydrogen-bond acceptors (Lipinski definition) is 4. The van der Waals surface area contributed by atoms with Crippen molar-refractivity contribution in [2.24, 2.45) is 0 Å². The topological polar surface area (TPSA) is 66.0 Å². The van der Waals surface area contributed by atoms with Gasteiger partial charge in [0.2, 0.25) is 0 Å². The Morgan fingerprint density at radius 1 is 1.33 bits per heavy atom. The Hall–Kier alpha value is -2.18. The van der Waals surface area contributed by atoms with Gasteiger partial charge in [-0.05, 0) is 13.8 Å². The maximum atomic E-state index is 13.5. The van der Waals surface area contributed by atoms with Crippen LogP contribution in [0.3, 0.4) is 0 Å². The molecule has 2 heterocycles. The van der Waals surface area contributed by atoms with Gasteiger partial charge in [-0.3, -0.25) is 0 Å². The van der Waals surface area contributed by atoms with Crippen LogP contribution in [-0.2, 0) is 0 Å². The molecule has 0 radical (unpaired) electrons. The summed E-state index contributed by atoms with van der Waals surface area (Å²) in [4.78, 5) is 3.61. The molecule has 2 aromatic rings. The molecule has 0 aromatic carbocycles. The van der Waals surface area contributed by atoms with E-state index >= 15 is 0 Å². The van der Waals surface area contributed by atoms with Gasteiger partial charge in [0.05, 0.1) is 18.5 Å². The van der Waals surface area contributed by atoms with Gasteiger partial charge in [-0.15, -0.1) is 0 Å². The molecule has 2 N–H and O–H groups in total. The minimum Gasteiger partial charge on any atom is -0.488 e. The molecule has 0 aliphatic carbocycles. The van der Waals surface area contributed by atoms with Gasteiger partial charge >= 0.3 is 0 Å². The summed E-state index contributed by atoms with van der Waals surface area (Å²) < 4.78 is 33.0. The number of nitrogens with two attached hydrogens (primary N) is 1. The first-order valence-corrected chi connectivity index (χ1v) is 5.30. The third kappa shape index (κ3) is 2.39. The summed E-state index contributed by atoms with van der Waals surface area (Å²) in [5.74, 6) is -1.84. The summed E-state index contributed by atoms with van der Waals surface area (Å²) in [5.41, 5.74) is 5.29. The number of halogens is 2. The van der Waals surface area contributed by atoms with Gasteiger partial charge in [-0.1, -0.05) is 0 Å². The molecule has 2 aromatic heterocycles. The molecule has 0 aliphatic rings. The lowest BCUT2D eigenvalue weighted by atomic mass is 10.4. The highest BCUT2D eigenvalue weighted by atomic mass is 19.1. The number of aromatic nitrogens is 3. The van der Waals surface area contributed by atoms with Crippen molar-refractivity contribution < 1.29 is 13.5 Å². The Bertz CT molecular complexity index is 568.